The molecule has 0 aliphatic carbocycles. The molecule has 2 aliphatic rings. The molecule has 3 rings (SSSR count). The average Bonchev–Trinajstić information content (AvgIpc) is 2.96. The fourth-order valence-electron chi connectivity index (χ4n) is 3.59. The molecule has 10 heteroatoms. The lowest BCUT2D eigenvalue weighted by atomic mass is 9.94. The van der Waals surface area contributed by atoms with Gasteiger partial charge in [0.05, 0.1) is 45.8 Å². The topological polar surface area (TPSA) is 92.8 Å². The van der Waals surface area contributed by atoms with E-state index in [2.05, 4.69) is 5.32 Å². The molecule has 28 heavy (non-hydrogen) atoms. The molecule has 1 aromatic rings. The summed E-state index contributed by atoms with van der Waals surface area (Å²) < 4.78 is 28.9. The number of carbonyl (C=O) groups is 2. The Bertz CT molecular complexity index is 961. The van der Waals surface area contributed by atoms with Crippen molar-refractivity contribution >= 4 is 45.0 Å². The highest BCUT2D eigenvalue weighted by Crippen LogP contribution is 2.36. The zero-order valence-electron chi connectivity index (χ0n) is 15.4. The Hall–Kier alpha value is -1.77. The van der Waals surface area contributed by atoms with Crippen LogP contribution < -0.4 is 5.32 Å². The van der Waals surface area contributed by atoms with Gasteiger partial charge in [-0.2, -0.15) is 0 Å². The smallest absolute Gasteiger partial charge is 0.338 e. The highest BCUT2D eigenvalue weighted by atomic mass is 35.5. The van der Waals surface area contributed by atoms with Crippen molar-refractivity contribution in [1.29, 1.82) is 0 Å². The summed E-state index contributed by atoms with van der Waals surface area (Å²) in [4.78, 5) is 26.9. The Morgan fingerprint density at radius 3 is 2.61 bits per heavy atom. The second-order valence-electron chi connectivity index (χ2n) is 6.70. The highest BCUT2D eigenvalue weighted by molar-refractivity contribution is 7.91. The monoisotopic (exact) mass is 446 g/mol. The van der Waals surface area contributed by atoms with E-state index in [0.29, 0.717) is 27.7 Å². The van der Waals surface area contributed by atoms with Gasteiger partial charge in [-0.15, -0.1) is 0 Å². The van der Waals surface area contributed by atoms with Crippen molar-refractivity contribution in [3.05, 3.63) is 45.1 Å². The van der Waals surface area contributed by atoms with Crippen molar-refractivity contribution in [1.82, 2.24) is 10.2 Å². The fraction of sp³-hybridized carbons (Fsp3) is 0.444. The normalized spacial score (nSPS) is 24.3. The molecule has 0 bridgehead atoms. The number of esters is 1. The van der Waals surface area contributed by atoms with Crippen molar-refractivity contribution in [3.63, 3.8) is 0 Å². The molecule has 1 aromatic carbocycles. The first kappa shape index (κ1) is 21.0. The Morgan fingerprint density at radius 1 is 1.32 bits per heavy atom. The molecule has 0 radical (unpaired) electrons. The minimum Gasteiger partial charge on any atom is -0.463 e. The summed E-state index contributed by atoms with van der Waals surface area (Å²) in [7, 11) is -3.21. The molecule has 0 spiro atoms. The van der Waals surface area contributed by atoms with Crippen LogP contribution in [0.15, 0.2) is 29.5 Å². The van der Waals surface area contributed by atoms with Gasteiger partial charge in [-0.05, 0) is 38.0 Å². The van der Waals surface area contributed by atoms with Crippen LogP contribution in [-0.4, -0.2) is 49.5 Å². The third-order valence-corrected chi connectivity index (χ3v) is 7.36. The first-order valence-electron chi connectivity index (χ1n) is 8.77. The van der Waals surface area contributed by atoms with Gasteiger partial charge in [0, 0.05) is 5.70 Å². The molecular formula is C18H20Cl2N2O5S. The van der Waals surface area contributed by atoms with Crippen LogP contribution in [0, 0.1) is 0 Å². The maximum absolute atomic E-state index is 12.8. The summed E-state index contributed by atoms with van der Waals surface area (Å²) in [6.45, 7) is 3.47. The van der Waals surface area contributed by atoms with Crippen LogP contribution >= 0.6 is 23.2 Å². The van der Waals surface area contributed by atoms with Crippen molar-refractivity contribution in [2.45, 2.75) is 32.4 Å². The van der Waals surface area contributed by atoms with Gasteiger partial charge in [-0.25, -0.2) is 18.0 Å². The van der Waals surface area contributed by atoms with Crippen LogP contribution in [0.1, 0.15) is 31.9 Å². The van der Waals surface area contributed by atoms with Gasteiger partial charge < -0.3 is 10.1 Å². The molecule has 2 heterocycles. The molecule has 152 valence electrons. The number of sulfone groups is 1. The number of urea groups is 1. The zero-order valence-corrected chi connectivity index (χ0v) is 17.7. The molecule has 0 saturated carbocycles. The third-order valence-electron chi connectivity index (χ3n) is 4.87. The number of amides is 2. The van der Waals surface area contributed by atoms with Crippen LogP contribution in [0.25, 0.3) is 0 Å². The van der Waals surface area contributed by atoms with Gasteiger partial charge in [-0.3, -0.25) is 4.90 Å². The SMILES string of the molecule is CCOC(=O)C1=C(C)N([C@H]2CCS(=O)(=O)C2)C(=O)N[C@H]1c1ccc(Cl)c(Cl)c1. The molecule has 0 unspecified atom stereocenters. The van der Waals surface area contributed by atoms with E-state index < -0.39 is 33.9 Å². The van der Waals surface area contributed by atoms with Crippen molar-refractivity contribution in [2.24, 2.45) is 0 Å². The van der Waals surface area contributed by atoms with E-state index in [4.69, 9.17) is 27.9 Å². The summed E-state index contributed by atoms with van der Waals surface area (Å²) in [5.41, 5.74) is 1.19. The largest absolute Gasteiger partial charge is 0.463 e. The summed E-state index contributed by atoms with van der Waals surface area (Å²) in [5, 5.41) is 3.43. The highest BCUT2D eigenvalue weighted by Gasteiger charge is 2.42. The van der Waals surface area contributed by atoms with Crippen molar-refractivity contribution < 1.29 is 22.7 Å². The predicted octanol–water partition coefficient (Wildman–Crippen LogP) is 3.08. The zero-order chi connectivity index (χ0) is 20.6. The Balaban J connectivity index is 2.07. The number of rotatable bonds is 4. The van der Waals surface area contributed by atoms with Crippen molar-refractivity contribution in [2.75, 3.05) is 18.1 Å². The maximum atomic E-state index is 12.8. The number of hydrogen-bond donors (Lipinski definition) is 1. The van der Waals surface area contributed by atoms with E-state index in [1.165, 1.54) is 4.90 Å². The number of nitrogens with one attached hydrogen (secondary N) is 1. The van der Waals surface area contributed by atoms with Gasteiger partial charge in [0.1, 0.15) is 0 Å². The van der Waals surface area contributed by atoms with E-state index >= 15 is 0 Å². The second-order valence-corrected chi connectivity index (χ2v) is 9.75. The molecule has 2 atom stereocenters. The maximum Gasteiger partial charge on any atom is 0.338 e. The molecule has 2 aliphatic heterocycles. The Labute approximate surface area is 173 Å². The minimum atomic E-state index is -3.21. The van der Waals surface area contributed by atoms with Crippen LogP contribution in [-0.2, 0) is 19.4 Å². The number of carbonyl (C=O) groups excluding carboxylic acids is 2. The van der Waals surface area contributed by atoms with E-state index in [9.17, 15) is 18.0 Å². The van der Waals surface area contributed by atoms with Gasteiger partial charge in [0.15, 0.2) is 9.84 Å². The number of nitrogens with zero attached hydrogens (tertiary/aromatic N) is 1. The second kappa shape index (κ2) is 7.93. The number of benzene rings is 1. The van der Waals surface area contributed by atoms with E-state index in [-0.39, 0.29) is 23.7 Å². The minimum absolute atomic E-state index is 0.0136. The first-order chi connectivity index (χ1) is 13.1. The lowest BCUT2D eigenvalue weighted by Gasteiger charge is -2.38. The quantitative estimate of drug-likeness (QED) is 0.717. The number of hydrogen-bond acceptors (Lipinski definition) is 5. The summed E-state index contributed by atoms with van der Waals surface area (Å²) in [6, 6.07) is 3.06. The number of ether oxygens (including phenoxy) is 1. The van der Waals surface area contributed by atoms with E-state index in [1.807, 2.05) is 0 Å². The van der Waals surface area contributed by atoms with Gasteiger partial charge in [0.25, 0.3) is 0 Å². The van der Waals surface area contributed by atoms with E-state index in [0.717, 1.165) is 0 Å². The predicted molar refractivity (Wildman–Crippen MR) is 106 cm³/mol. The molecular weight excluding hydrogens is 427 g/mol. The first-order valence-corrected chi connectivity index (χ1v) is 11.4. The summed E-state index contributed by atoms with van der Waals surface area (Å²) in [6.07, 6.45) is 0.320. The lowest BCUT2D eigenvalue weighted by Crippen LogP contribution is -2.52. The van der Waals surface area contributed by atoms with Crippen molar-refractivity contribution in [3.8, 4) is 0 Å². The number of allylic oxidation sites excluding steroid dienone is 1. The van der Waals surface area contributed by atoms with Crippen LogP contribution in [0.5, 0.6) is 0 Å². The van der Waals surface area contributed by atoms with E-state index in [1.54, 1.807) is 32.0 Å². The average molecular weight is 447 g/mol. The fourth-order valence-corrected chi connectivity index (χ4v) is 5.60. The molecule has 1 fully saturated rings. The molecule has 1 saturated heterocycles. The van der Waals surface area contributed by atoms with Crippen LogP contribution in [0.3, 0.4) is 0 Å². The Kier molecular flexibility index (Phi) is 5.93. The summed E-state index contributed by atoms with van der Waals surface area (Å²) >= 11 is 12.1. The van der Waals surface area contributed by atoms with Gasteiger partial charge in [-0.1, -0.05) is 29.3 Å². The summed E-state index contributed by atoms with van der Waals surface area (Å²) in [5.74, 6) is -0.702. The molecule has 1 N–H and O–H groups in total. The van der Waals surface area contributed by atoms with Gasteiger partial charge in [0.2, 0.25) is 0 Å². The lowest BCUT2D eigenvalue weighted by molar-refractivity contribution is -0.139. The Morgan fingerprint density at radius 2 is 2.04 bits per heavy atom. The molecule has 7 nitrogen and oxygen atoms in total. The molecule has 0 aromatic heterocycles. The van der Waals surface area contributed by atoms with Crippen LogP contribution in [0.4, 0.5) is 4.79 Å². The van der Waals surface area contributed by atoms with Crippen LogP contribution in [0.2, 0.25) is 10.0 Å². The standard InChI is InChI=1S/C18H20Cl2N2O5S/c1-3-27-17(23)15-10(2)22(12-6-7-28(25,26)9-12)18(24)21-16(15)11-4-5-13(19)14(20)8-11/h4-5,8,12,16H,3,6-7,9H2,1-2H3,(H,21,24)/t12-,16-/m0/s1. The number of halogens is 2. The third kappa shape index (κ3) is 3.99. The molecule has 2 amide bonds. The van der Waals surface area contributed by atoms with Gasteiger partial charge >= 0.3 is 12.0 Å².